The van der Waals surface area contributed by atoms with Crippen molar-refractivity contribution in [1.82, 2.24) is 5.43 Å². The Balaban J connectivity index is 2.11. The summed E-state index contributed by atoms with van der Waals surface area (Å²) in [7, 11) is 0. The number of phenols is 1. The number of anilines is 1. The number of benzene rings is 2. The van der Waals surface area contributed by atoms with Crippen molar-refractivity contribution in [3.05, 3.63) is 53.6 Å². The zero-order valence-electron chi connectivity index (χ0n) is 13.9. The number of hydrazone groups is 1. The molecule has 2 aromatic rings. The molecule has 3 N–H and O–H groups in total. The minimum absolute atomic E-state index is 0.154. The largest absolute Gasteiger partial charge is 0.508 e. The Bertz CT molecular complexity index is 785. The molecule has 2 aromatic carbocycles. The number of hydrogen-bond donors (Lipinski definition) is 3. The number of aromatic hydroxyl groups is 1. The van der Waals surface area contributed by atoms with Gasteiger partial charge < -0.3 is 15.2 Å². The van der Waals surface area contributed by atoms with Crippen molar-refractivity contribution in [2.75, 3.05) is 11.9 Å². The Morgan fingerprint density at radius 1 is 1.20 bits per heavy atom. The van der Waals surface area contributed by atoms with Gasteiger partial charge in [-0.2, -0.15) is 5.10 Å². The molecule has 0 aliphatic carbocycles. The Kier molecular flexibility index (Phi) is 6.11. The number of carbonyl (C=O) groups is 2. The van der Waals surface area contributed by atoms with Crippen molar-refractivity contribution >= 4 is 23.7 Å². The Labute approximate surface area is 145 Å². The molecule has 0 radical (unpaired) electrons. The van der Waals surface area contributed by atoms with Crippen LogP contribution in [0.1, 0.15) is 29.8 Å². The van der Waals surface area contributed by atoms with E-state index >= 15 is 0 Å². The summed E-state index contributed by atoms with van der Waals surface area (Å²) in [6.45, 7) is 3.58. The van der Waals surface area contributed by atoms with Crippen LogP contribution in [0, 0.1) is 0 Å². The molecular formula is C18H19N3O4. The van der Waals surface area contributed by atoms with Gasteiger partial charge in [-0.1, -0.05) is 0 Å². The van der Waals surface area contributed by atoms with E-state index in [-0.39, 0.29) is 11.7 Å². The molecule has 0 aliphatic heterocycles. The van der Waals surface area contributed by atoms with Crippen LogP contribution in [-0.4, -0.2) is 29.7 Å². The molecule has 0 aliphatic rings. The normalized spacial score (nSPS) is 10.5. The van der Waals surface area contributed by atoms with Gasteiger partial charge in [-0.3, -0.25) is 9.59 Å². The molecule has 7 heteroatoms. The first kappa shape index (κ1) is 18.0. The molecule has 130 valence electrons. The van der Waals surface area contributed by atoms with Gasteiger partial charge in [-0.25, -0.2) is 5.43 Å². The molecule has 0 atom stereocenters. The number of rotatable bonds is 6. The Morgan fingerprint density at radius 3 is 2.56 bits per heavy atom. The molecule has 2 amide bonds. The van der Waals surface area contributed by atoms with E-state index in [0.29, 0.717) is 23.6 Å². The van der Waals surface area contributed by atoms with Gasteiger partial charge in [-0.15, -0.1) is 0 Å². The van der Waals surface area contributed by atoms with Gasteiger partial charge >= 0.3 is 0 Å². The van der Waals surface area contributed by atoms with E-state index < -0.39 is 5.91 Å². The fourth-order valence-corrected chi connectivity index (χ4v) is 2.05. The maximum Gasteiger partial charge on any atom is 0.275 e. The van der Waals surface area contributed by atoms with Crippen LogP contribution < -0.4 is 15.5 Å². The minimum atomic E-state index is -0.437. The minimum Gasteiger partial charge on any atom is -0.508 e. The second-order valence-corrected chi connectivity index (χ2v) is 5.12. The molecule has 0 saturated carbocycles. The molecule has 0 fully saturated rings. The highest BCUT2D eigenvalue weighted by Crippen LogP contribution is 2.23. The van der Waals surface area contributed by atoms with Crippen LogP contribution in [0.15, 0.2) is 47.6 Å². The monoisotopic (exact) mass is 341 g/mol. The van der Waals surface area contributed by atoms with Crippen molar-refractivity contribution in [1.29, 1.82) is 0 Å². The van der Waals surface area contributed by atoms with Gasteiger partial charge in [0.2, 0.25) is 5.91 Å². The summed E-state index contributed by atoms with van der Waals surface area (Å²) in [6.07, 6.45) is 1.46. The number of nitrogens with zero attached hydrogens (tertiary/aromatic N) is 1. The molecular weight excluding hydrogens is 322 g/mol. The van der Waals surface area contributed by atoms with Crippen molar-refractivity contribution in [2.24, 2.45) is 5.10 Å². The van der Waals surface area contributed by atoms with E-state index in [1.807, 2.05) is 0 Å². The van der Waals surface area contributed by atoms with Crippen LogP contribution in [0.25, 0.3) is 0 Å². The van der Waals surface area contributed by atoms with Crippen LogP contribution >= 0.6 is 0 Å². The first-order valence-electron chi connectivity index (χ1n) is 7.66. The maximum atomic E-state index is 12.3. The third kappa shape index (κ3) is 5.35. The lowest BCUT2D eigenvalue weighted by molar-refractivity contribution is -0.114. The van der Waals surface area contributed by atoms with Gasteiger partial charge in [0.25, 0.3) is 5.91 Å². The SMILES string of the molecule is CCOc1cc(NC(C)=O)ccc1C(=O)NN=Cc1ccc(O)cc1. The summed E-state index contributed by atoms with van der Waals surface area (Å²) >= 11 is 0. The second kappa shape index (κ2) is 8.49. The van der Waals surface area contributed by atoms with Gasteiger partial charge in [-0.05, 0) is 48.9 Å². The standard InChI is InChI=1S/C18H19N3O4/c1-3-25-17-10-14(20-12(2)22)6-9-16(17)18(24)21-19-11-13-4-7-15(23)8-5-13/h4-11,23H,3H2,1-2H3,(H,20,22)(H,21,24). The molecule has 0 unspecified atom stereocenters. The number of amides is 2. The smallest absolute Gasteiger partial charge is 0.275 e. The van der Waals surface area contributed by atoms with Gasteiger partial charge in [0, 0.05) is 18.7 Å². The lowest BCUT2D eigenvalue weighted by Crippen LogP contribution is -2.19. The number of ether oxygens (including phenoxy) is 1. The van der Waals surface area contributed by atoms with Gasteiger partial charge in [0.05, 0.1) is 18.4 Å². The van der Waals surface area contributed by atoms with Crippen LogP contribution in [0.3, 0.4) is 0 Å². The molecule has 2 rings (SSSR count). The van der Waals surface area contributed by atoms with Gasteiger partial charge in [0.15, 0.2) is 0 Å². The van der Waals surface area contributed by atoms with Crippen LogP contribution in [0.4, 0.5) is 5.69 Å². The number of hydrogen-bond acceptors (Lipinski definition) is 5. The number of phenolic OH excluding ortho intramolecular Hbond substituents is 1. The first-order valence-corrected chi connectivity index (χ1v) is 7.66. The van der Waals surface area contributed by atoms with E-state index in [9.17, 15) is 14.7 Å². The molecule has 0 spiro atoms. The second-order valence-electron chi connectivity index (χ2n) is 5.12. The average molecular weight is 341 g/mol. The van der Waals surface area contributed by atoms with Crippen molar-refractivity contribution in [2.45, 2.75) is 13.8 Å². The summed E-state index contributed by atoms with van der Waals surface area (Å²) in [5.41, 5.74) is 3.99. The molecule has 0 heterocycles. The quantitative estimate of drug-likeness (QED) is 0.555. The fourth-order valence-electron chi connectivity index (χ4n) is 2.05. The molecule has 0 aromatic heterocycles. The summed E-state index contributed by atoms with van der Waals surface area (Å²) in [5.74, 6) is -0.140. The zero-order chi connectivity index (χ0) is 18.2. The van der Waals surface area contributed by atoms with Gasteiger partial charge in [0.1, 0.15) is 11.5 Å². The third-order valence-electron chi connectivity index (χ3n) is 3.12. The maximum absolute atomic E-state index is 12.3. The Morgan fingerprint density at radius 2 is 1.92 bits per heavy atom. The van der Waals surface area contributed by atoms with E-state index in [2.05, 4.69) is 15.8 Å². The predicted molar refractivity (Wildman–Crippen MR) is 95.1 cm³/mol. The molecule has 7 nitrogen and oxygen atoms in total. The van der Waals surface area contributed by atoms with E-state index in [4.69, 9.17) is 4.74 Å². The van der Waals surface area contributed by atoms with Crippen LogP contribution in [-0.2, 0) is 4.79 Å². The Hall–Kier alpha value is -3.35. The first-order chi connectivity index (χ1) is 12.0. The van der Waals surface area contributed by atoms with Crippen molar-refractivity contribution in [3.8, 4) is 11.5 Å². The van der Waals surface area contributed by atoms with Crippen molar-refractivity contribution in [3.63, 3.8) is 0 Å². The number of carbonyl (C=O) groups excluding carboxylic acids is 2. The topological polar surface area (TPSA) is 100 Å². The van der Waals surface area contributed by atoms with Crippen molar-refractivity contribution < 1.29 is 19.4 Å². The summed E-state index contributed by atoms with van der Waals surface area (Å²) in [4.78, 5) is 23.4. The van der Waals surface area contributed by atoms with Crippen LogP contribution in [0.2, 0.25) is 0 Å². The molecule has 25 heavy (non-hydrogen) atoms. The third-order valence-corrected chi connectivity index (χ3v) is 3.12. The predicted octanol–water partition coefficient (Wildman–Crippen LogP) is 2.51. The molecule has 0 bridgehead atoms. The summed E-state index contributed by atoms with van der Waals surface area (Å²) < 4.78 is 5.47. The van der Waals surface area contributed by atoms with E-state index in [0.717, 1.165) is 5.56 Å². The number of nitrogens with one attached hydrogen (secondary N) is 2. The summed E-state index contributed by atoms with van der Waals surface area (Å²) in [5, 5.41) is 15.7. The highest BCUT2D eigenvalue weighted by atomic mass is 16.5. The van der Waals surface area contributed by atoms with E-state index in [1.54, 1.807) is 37.3 Å². The highest BCUT2D eigenvalue weighted by molar-refractivity contribution is 5.98. The van der Waals surface area contributed by atoms with Crippen LogP contribution in [0.5, 0.6) is 11.5 Å². The lowest BCUT2D eigenvalue weighted by atomic mass is 10.1. The average Bonchev–Trinajstić information content (AvgIpc) is 2.56. The molecule has 0 saturated heterocycles. The summed E-state index contributed by atoms with van der Waals surface area (Å²) in [6, 6.07) is 11.1. The highest BCUT2D eigenvalue weighted by Gasteiger charge is 2.13. The fraction of sp³-hybridized carbons (Fsp3) is 0.167. The van der Waals surface area contributed by atoms with E-state index in [1.165, 1.54) is 25.3 Å². The lowest BCUT2D eigenvalue weighted by Gasteiger charge is -2.11. The zero-order valence-corrected chi connectivity index (χ0v) is 13.9.